The highest BCUT2D eigenvalue weighted by molar-refractivity contribution is 5.49. The highest BCUT2D eigenvalue weighted by Crippen LogP contribution is 2.31. The number of benzene rings is 1. The molecule has 1 aromatic carbocycles. The molecule has 1 aliphatic heterocycles. The maximum absolute atomic E-state index is 12.9. The number of pyridine rings is 1. The van der Waals surface area contributed by atoms with E-state index in [-0.39, 0.29) is 5.56 Å². The number of halogens is 3. The van der Waals surface area contributed by atoms with Gasteiger partial charge in [-0.3, -0.25) is 9.20 Å². The molecule has 0 saturated carbocycles. The van der Waals surface area contributed by atoms with E-state index in [1.54, 1.807) is 22.7 Å². The molecule has 2 aromatic heterocycles. The lowest BCUT2D eigenvalue weighted by molar-refractivity contribution is -0.914. The van der Waals surface area contributed by atoms with Crippen LogP contribution in [0.1, 0.15) is 16.8 Å². The molecule has 8 heteroatoms. The summed E-state index contributed by atoms with van der Waals surface area (Å²) in [7, 11) is 0. The SMILES string of the molecule is Cc1ccc2nc(C[NH+]3CCN(c4cccc(C(F)(F)F)c4)CC3)cc(=O)n2c1. The summed E-state index contributed by atoms with van der Waals surface area (Å²) >= 11 is 0. The quantitative estimate of drug-likeness (QED) is 0.727. The molecule has 4 rings (SSSR count). The number of fused-ring (bicyclic) bond motifs is 1. The van der Waals surface area contributed by atoms with Gasteiger partial charge in [0, 0.05) is 18.0 Å². The minimum absolute atomic E-state index is 0.101. The van der Waals surface area contributed by atoms with E-state index in [9.17, 15) is 18.0 Å². The van der Waals surface area contributed by atoms with Gasteiger partial charge in [0.05, 0.1) is 31.7 Å². The number of nitrogens with zero attached hydrogens (tertiary/aromatic N) is 3. The first kappa shape index (κ1) is 19.4. The van der Waals surface area contributed by atoms with Gasteiger partial charge in [0.2, 0.25) is 0 Å². The molecule has 0 radical (unpaired) electrons. The highest BCUT2D eigenvalue weighted by Gasteiger charge is 2.31. The number of nitrogens with one attached hydrogen (secondary N) is 1. The van der Waals surface area contributed by atoms with Crippen molar-refractivity contribution in [3.05, 3.63) is 75.8 Å². The average Bonchev–Trinajstić information content (AvgIpc) is 2.69. The number of aromatic nitrogens is 2. The summed E-state index contributed by atoms with van der Waals surface area (Å²) in [6, 6.07) is 10.8. The summed E-state index contributed by atoms with van der Waals surface area (Å²) in [5.74, 6) is 0. The molecule has 0 unspecified atom stereocenters. The molecule has 0 bridgehead atoms. The minimum Gasteiger partial charge on any atom is -0.360 e. The number of rotatable bonds is 3. The van der Waals surface area contributed by atoms with Crippen LogP contribution in [0.3, 0.4) is 0 Å². The van der Waals surface area contributed by atoms with Crippen molar-refractivity contribution in [1.82, 2.24) is 9.38 Å². The molecule has 1 N–H and O–H groups in total. The van der Waals surface area contributed by atoms with Crippen LogP contribution in [0.4, 0.5) is 18.9 Å². The molecule has 0 spiro atoms. The van der Waals surface area contributed by atoms with Crippen molar-refractivity contribution in [3.8, 4) is 0 Å². The van der Waals surface area contributed by atoms with Gasteiger partial charge in [-0.1, -0.05) is 12.1 Å². The summed E-state index contributed by atoms with van der Waals surface area (Å²) in [5, 5.41) is 0. The summed E-state index contributed by atoms with van der Waals surface area (Å²) in [6.07, 6.45) is -2.56. The molecule has 152 valence electrons. The third-order valence-electron chi connectivity index (χ3n) is 5.30. The molecule has 0 atom stereocenters. The highest BCUT2D eigenvalue weighted by atomic mass is 19.4. The van der Waals surface area contributed by atoms with Crippen LogP contribution in [0.5, 0.6) is 0 Å². The lowest BCUT2D eigenvalue weighted by Gasteiger charge is -2.33. The van der Waals surface area contributed by atoms with Crippen LogP contribution in [0.2, 0.25) is 0 Å². The Morgan fingerprint density at radius 1 is 1.10 bits per heavy atom. The third kappa shape index (κ3) is 4.27. The van der Waals surface area contributed by atoms with Gasteiger partial charge in [0.1, 0.15) is 17.9 Å². The van der Waals surface area contributed by atoms with Crippen molar-refractivity contribution in [3.63, 3.8) is 0 Å². The summed E-state index contributed by atoms with van der Waals surface area (Å²) in [6.45, 7) is 5.39. The Bertz CT molecular complexity index is 1090. The lowest BCUT2D eigenvalue weighted by atomic mass is 10.1. The zero-order chi connectivity index (χ0) is 20.6. The van der Waals surface area contributed by atoms with Crippen LogP contribution in [-0.4, -0.2) is 35.6 Å². The molecule has 29 heavy (non-hydrogen) atoms. The minimum atomic E-state index is -4.34. The van der Waals surface area contributed by atoms with Crippen LogP contribution >= 0.6 is 0 Å². The summed E-state index contributed by atoms with van der Waals surface area (Å²) < 4.78 is 40.4. The largest absolute Gasteiger partial charge is 0.416 e. The Hall–Kier alpha value is -2.87. The number of aryl methyl sites for hydroxylation is 1. The first-order chi connectivity index (χ1) is 13.8. The number of anilines is 1. The molecule has 0 aliphatic carbocycles. The van der Waals surface area contributed by atoms with Gasteiger partial charge in [-0.2, -0.15) is 13.2 Å². The molecular weight excluding hydrogens is 381 g/mol. The molecule has 3 heterocycles. The monoisotopic (exact) mass is 403 g/mol. The normalized spacial score (nSPS) is 15.8. The van der Waals surface area contributed by atoms with Crippen molar-refractivity contribution >= 4 is 11.3 Å². The molecule has 5 nitrogen and oxygen atoms in total. The van der Waals surface area contributed by atoms with Crippen molar-refractivity contribution in [2.75, 3.05) is 31.1 Å². The van der Waals surface area contributed by atoms with Crippen LogP contribution in [-0.2, 0) is 12.7 Å². The smallest absolute Gasteiger partial charge is 0.360 e. The fraction of sp³-hybridized carbons (Fsp3) is 0.333. The Labute approximate surface area is 166 Å². The number of piperazine rings is 1. The van der Waals surface area contributed by atoms with Gasteiger partial charge in [-0.15, -0.1) is 0 Å². The topological polar surface area (TPSA) is 42.0 Å². The second-order valence-corrected chi connectivity index (χ2v) is 7.48. The lowest BCUT2D eigenvalue weighted by Crippen LogP contribution is -3.13. The number of hydrogen-bond donors (Lipinski definition) is 1. The van der Waals surface area contributed by atoms with Crippen molar-refractivity contribution in [2.45, 2.75) is 19.6 Å². The molecule has 1 saturated heterocycles. The standard InChI is InChI=1S/C21H21F3N4O/c1-15-5-6-19-25-17(12-20(29)28(19)13-15)14-26-7-9-27(10-8-26)18-4-2-3-16(11-18)21(22,23)24/h2-6,11-13H,7-10,14H2,1H3/p+1. The van der Waals surface area contributed by atoms with Gasteiger partial charge >= 0.3 is 6.18 Å². The number of hydrogen-bond acceptors (Lipinski definition) is 3. The number of alkyl halides is 3. The van der Waals surface area contributed by atoms with E-state index >= 15 is 0 Å². The first-order valence-corrected chi connectivity index (χ1v) is 9.54. The fourth-order valence-electron chi connectivity index (χ4n) is 3.74. The summed E-state index contributed by atoms with van der Waals surface area (Å²) in [5.41, 5.74) is 2.22. The van der Waals surface area contributed by atoms with E-state index in [1.165, 1.54) is 17.0 Å². The molecule has 0 amide bonds. The van der Waals surface area contributed by atoms with Gasteiger partial charge in [-0.25, -0.2) is 4.98 Å². The first-order valence-electron chi connectivity index (χ1n) is 9.54. The van der Waals surface area contributed by atoms with Crippen LogP contribution < -0.4 is 15.4 Å². The Morgan fingerprint density at radius 3 is 2.59 bits per heavy atom. The van der Waals surface area contributed by atoms with Gasteiger partial charge in [0.25, 0.3) is 5.56 Å². The van der Waals surface area contributed by atoms with Gasteiger partial charge in [0.15, 0.2) is 0 Å². The van der Waals surface area contributed by atoms with Crippen molar-refractivity contribution in [2.24, 2.45) is 0 Å². The predicted octanol–water partition coefficient (Wildman–Crippen LogP) is 1.93. The van der Waals surface area contributed by atoms with Crippen LogP contribution in [0.25, 0.3) is 5.65 Å². The second kappa shape index (κ2) is 7.51. The van der Waals surface area contributed by atoms with Crippen LogP contribution in [0, 0.1) is 6.92 Å². The maximum Gasteiger partial charge on any atom is 0.416 e. The average molecular weight is 403 g/mol. The Morgan fingerprint density at radius 2 is 1.86 bits per heavy atom. The molecule has 1 aliphatic rings. The van der Waals surface area contributed by atoms with Gasteiger partial charge < -0.3 is 9.80 Å². The van der Waals surface area contributed by atoms with E-state index in [1.807, 2.05) is 24.0 Å². The van der Waals surface area contributed by atoms with E-state index < -0.39 is 11.7 Å². The van der Waals surface area contributed by atoms with E-state index in [0.29, 0.717) is 31.0 Å². The Balaban J connectivity index is 1.44. The maximum atomic E-state index is 12.9. The third-order valence-corrected chi connectivity index (χ3v) is 5.30. The van der Waals surface area contributed by atoms with Gasteiger partial charge in [-0.05, 0) is 36.8 Å². The second-order valence-electron chi connectivity index (χ2n) is 7.48. The molecule has 1 fully saturated rings. The van der Waals surface area contributed by atoms with Crippen molar-refractivity contribution < 1.29 is 18.1 Å². The van der Waals surface area contributed by atoms with E-state index in [4.69, 9.17) is 0 Å². The molecular formula is C21H22F3N4O+. The Kier molecular flexibility index (Phi) is 5.04. The zero-order valence-corrected chi connectivity index (χ0v) is 16.0. The molecule has 3 aromatic rings. The van der Waals surface area contributed by atoms with E-state index in [2.05, 4.69) is 4.98 Å². The summed E-state index contributed by atoms with van der Waals surface area (Å²) in [4.78, 5) is 20.2. The predicted molar refractivity (Wildman–Crippen MR) is 104 cm³/mol. The number of quaternary nitrogens is 1. The fourth-order valence-corrected chi connectivity index (χ4v) is 3.74. The van der Waals surface area contributed by atoms with Crippen LogP contribution in [0.15, 0.2) is 53.5 Å². The van der Waals surface area contributed by atoms with Crippen molar-refractivity contribution in [1.29, 1.82) is 0 Å². The zero-order valence-electron chi connectivity index (χ0n) is 16.0. The van der Waals surface area contributed by atoms with E-state index in [0.717, 1.165) is 30.4 Å².